The molecule has 1 aromatic heterocycles. The van der Waals surface area contributed by atoms with Crippen LogP contribution in [0.25, 0.3) is 0 Å². The van der Waals surface area contributed by atoms with Crippen LogP contribution in [0.1, 0.15) is 51.5 Å². The summed E-state index contributed by atoms with van der Waals surface area (Å²) in [5.41, 5.74) is 4.05. The van der Waals surface area contributed by atoms with Crippen molar-refractivity contribution in [1.82, 2.24) is 15.5 Å². The Morgan fingerprint density at radius 1 is 1.14 bits per heavy atom. The van der Waals surface area contributed by atoms with Gasteiger partial charge in [-0.05, 0) is 56.0 Å². The number of halogens is 1. The molecule has 6 nitrogen and oxygen atoms in total. The highest BCUT2D eigenvalue weighted by Gasteiger charge is 2.42. The smallest absolute Gasteiger partial charge is 0.271 e. The first-order valence-electron chi connectivity index (χ1n) is 9.19. The number of carbonyl (C=O) groups is 3. The third-order valence-electron chi connectivity index (χ3n) is 5.13. The maximum absolute atomic E-state index is 12.9. The van der Waals surface area contributed by atoms with Gasteiger partial charge in [0.2, 0.25) is 0 Å². The average molecular weight is 400 g/mol. The highest BCUT2D eigenvalue weighted by atomic mass is 35.5. The molecule has 1 fully saturated rings. The molecule has 0 spiro atoms. The summed E-state index contributed by atoms with van der Waals surface area (Å²) >= 11 is 5.66. The molecule has 2 atom stereocenters. The summed E-state index contributed by atoms with van der Waals surface area (Å²) in [4.78, 5) is 37.6. The lowest BCUT2D eigenvalue weighted by Crippen LogP contribution is -2.28. The van der Waals surface area contributed by atoms with Crippen LogP contribution in [-0.2, 0) is 9.59 Å². The van der Waals surface area contributed by atoms with Crippen LogP contribution in [0.2, 0.25) is 5.15 Å². The zero-order valence-electron chi connectivity index (χ0n) is 16.1. The number of benzene rings is 1. The highest BCUT2D eigenvalue weighted by molar-refractivity contribution is 6.29. The SMILES string of the molecule is Cc1cc(C)c(C2C(=O)CC(CCNC(=O)c3ccc(Cl)nn3)C2=O)c(C)c1. The van der Waals surface area contributed by atoms with Crippen molar-refractivity contribution in [3.05, 3.63) is 57.4 Å². The van der Waals surface area contributed by atoms with E-state index in [-0.39, 0.29) is 47.2 Å². The van der Waals surface area contributed by atoms with Gasteiger partial charge in [0, 0.05) is 18.9 Å². The van der Waals surface area contributed by atoms with E-state index < -0.39 is 5.92 Å². The second-order valence-corrected chi connectivity index (χ2v) is 7.69. The lowest BCUT2D eigenvalue weighted by Gasteiger charge is -2.16. The van der Waals surface area contributed by atoms with E-state index in [4.69, 9.17) is 11.6 Å². The summed E-state index contributed by atoms with van der Waals surface area (Å²) in [6.07, 6.45) is 0.630. The van der Waals surface area contributed by atoms with Gasteiger partial charge in [-0.15, -0.1) is 10.2 Å². The maximum atomic E-state index is 12.9. The molecule has 28 heavy (non-hydrogen) atoms. The normalized spacial score (nSPS) is 19.1. The van der Waals surface area contributed by atoms with Crippen molar-refractivity contribution in [2.75, 3.05) is 6.54 Å². The number of nitrogens with zero attached hydrogens (tertiary/aromatic N) is 2. The number of ketones is 2. The van der Waals surface area contributed by atoms with Crippen LogP contribution >= 0.6 is 11.6 Å². The molecule has 0 aliphatic heterocycles. The average Bonchev–Trinajstić information content (AvgIpc) is 2.89. The van der Waals surface area contributed by atoms with Gasteiger partial charge in [-0.2, -0.15) is 0 Å². The van der Waals surface area contributed by atoms with Crippen LogP contribution in [-0.4, -0.2) is 34.2 Å². The topological polar surface area (TPSA) is 89.0 Å². The van der Waals surface area contributed by atoms with Gasteiger partial charge in [-0.3, -0.25) is 14.4 Å². The fraction of sp³-hybridized carbons (Fsp3) is 0.381. The fourth-order valence-electron chi connectivity index (χ4n) is 3.94. The quantitative estimate of drug-likeness (QED) is 0.780. The van der Waals surface area contributed by atoms with Gasteiger partial charge >= 0.3 is 0 Å². The third-order valence-corrected chi connectivity index (χ3v) is 5.33. The molecular formula is C21H22ClN3O3. The van der Waals surface area contributed by atoms with Crippen LogP contribution in [0, 0.1) is 26.7 Å². The van der Waals surface area contributed by atoms with E-state index in [9.17, 15) is 14.4 Å². The van der Waals surface area contributed by atoms with Gasteiger partial charge in [0.25, 0.3) is 5.91 Å². The van der Waals surface area contributed by atoms with Gasteiger partial charge < -0.3 is 5.32 Å². The molecule has 1 amide bonds. The lowest BCUT2D eigenvalue weighted by molar-refractivity contribution is -0.124. The summed E-state index contributed by atoms with van der Waals surface area (Å²) < 4.78 is 0. The van der Waals surface area contributed by atoms with Crippen molar-refractivity contribution < 1.29 is 14.4 Å². The number of rotatable bonds is 5. The molecule has 7 heteroatoms. The zero-order chi connectivity index (χ0) is 20.4. The van der Waals surface area contributed by atoms with E-state index in [1.165, 1.54) is 12.1 Å². The molecule has 146 valence electrons. The molecule has 2 aromatic rings. The van der Waals surface area contributed by atoms with Crippen molar-refractivity contribution in [1.29, 1.82) is 0 Å². The lowest BCUT2D eigenvalue weighted by atomic mass is 9.86. The van der Waals surface area contributed by atoms with E-state index >= 15 is 0 Å². The largest absolute Gasteiger partial charge is 0.351 e. The van der Waals surface area contributed by atoms with E-state index in [0.717, 1.165) is 22.3 Å². The Morgan fingerprint density at radius 3 is 2.43 bits per heavy atom. The Bertz CT molecular complexity index is 917. The predicted molar refractivity (Wildman–Crippen MR) is 106 cm³/mol. The van der Waals surface area contributed by atoms with Gasteiger partial charge in [0.15, 0.2) is 16.6 Å². The van der Waals surface area contributed by atoms with Gasteiger partial charge in [-0.25, -0.2) is 0 Å². The van der Waals surface area contributed by atoms with Crippen LogP contribution < -0.4 is 5.32 Å². The Kier molecular flexibility index (Phi) is 5.89. The molecule has 2 unspecified atom stereocenters. The molecule has 0 bridgehead atoms. The summed E-state index contributed by atoms with van der Waals surface area (Å²) in [5.74, 6) is -1.55. The Labute approximate surface area is 168 Å². The number of aromatic nitrogens is 2. The zero-order valence-corrected chi connectivity index (χ0v) is 16.8. The van der Waals surface area contributed by atoms with Crippen molar-refractivity contribution in [3.63, 3.8) is 0 Å². The molecular weight excluding hydrogens is 378 g/mol. The second kappa shape index (κ2) is 8.19. The Morgan fingerprint density at radius 2 is 1.82 bits per heavy atom. The number of amides is 1. The molecule has 1 saturated carbocycles. The van der Waals surface area contributed by atoms with E-state index in [1.54, 1.807) is 0 Å². The van der Waals surface area contributed by atoms with Crippen molar-refractivity contribution in [2.24, 2.45) is 5.92 Å². The van der Waals surface area contributed by atoms with E-state index in [0.29, 0.717) is 6.42 Å². The van der Waals surface area contributed by atoms with Crippen molar-refractivity contribution >= 4 is 29.1 Å². The highest BCUT2D eigenvalue weighted by Crippen LogP contribution is 2.37. The van der Waals surface area contributed by atoms with E-state index in [1.807, 2.05) is 32.9 Å². The summed E-state index contributed by atoms with van der Waals surface area (Å²) in [6.45, 7) is 6.16. The van der Waals surface area contributed by atoms with Crippen LogP contribution in [0.15, 0.2) is 24.3 Å². The Balaban J connectivity index is 1.64. The predicted octanol–water partition coefficient (Wildman–Crippen LogP) is 3.12. The first kappa shape index (κ1) is 20.1. The summed E-state index contributed by atoms with van der Waals surface area (Å²) in [6, 6.07) is 6.97. The monoisotopic (exact) mass is 399 g/mol. The fourth-order valence-corrected chi connectivity index (χ4v) is 4.04. The minimum absolute atomic E-state index is 0.0417. The van der Waals surface area contributed by atoms with Gasteiger partial charge in [-0.1, -0.05) is 29.3 Å². The van der Waals surface area contributed by atoms with Crippen LogP contribution in [0.5, 0.6) is 0 Å². The molecule has 3 rings (SSSR count). The van der Waals surface area contributed by atoms with Gasteiger partial charge in [0.1, 0.15) is 11.7 Å². The number of hydrogen-bond acceptors (Lipinski definition) is 5. The Hall–Kier alpha value is -2.60. The second-order valence-electron chi connectivity index (χ2n) is 7.30. The van der Waals surface area contributed by atoms with Crippen LogP contribution in [0.3, 0.4) is 0 Å². The number of nitrogens with one attached hydrogen (secondary N) is 1. The first-order chi connectivity index (χ1) is 13.3. The van der Waals surface area contributed by atoms with Crippen molar-refractivity contribution in [3.8, 4) is 0 Å². The number of aryl methyl sites for hydroxylation is 3. The summed E-state index contributed by atoms with van der Waals surface area (Å²) in [7, 11) is 0. The summed E-state index contributed by atoms with van der Waals surface area (Å²) in [5, 5.41) is 10.3. The molecule has 1 aliphatic carbocycles. The van der Waals surface area contributed by atoms with Gasteiger partial charge in [0.05, 0.1) is 0 Å². The molecule has 0 radical (unpaired) electrons. The standard InChI is InChI=1S/C21H22ClN3O3/c1-11-8-12(2)18(13(3)9-11)19-16(26)10-14(20(19)27)6-7-23-21(28)15-4-5-17(22)25-24-15/h4-5,8-9,14,19H,6-7,10H2,1-3H3,(H,23,28). The third kappa shape index (κ3) is 4.12. The molecule has 1 N–H and O–H groups in total. The van der Waals surface area contributed by atoms with Crippen LogP contribution in [0.4, 0.5) is 0 Å². The minimum atomic E-state index is -0.691. The molecule has 0 saturated heterocycles. The number of carbonyl (C=O) groups excluding carboxylic acids is 3. The maximum Gasteiger partial charge on any atom is 0.271 e. The number of hydrogen-bond donors (Lipinski definition) is 1. The molecule has 1 heterocycles. The number of Topliss-reactive ketones (excluding diaryl/α,β-unsaturated/α-hetero) is 2. The first-order valence-corrected chi connectivity index (χ1v) is 9.57. The van der Waals surface area contributed by atoms with E-state index in [2.05, 4.69) is 15.5 Å². The van der Waals surface area contributed by atoms with Crippen molar-refractivity contribution in [2.45, 2.75) is 39.5 Å². The minimum Gasteiger partial charge on any atom is -0.351 e. The molecule has 1 aromatic carbocycles. The molecule has 1 aliphatic rings.